The van der Waals surface area contributed by atoms with Crippen molar-refractivity contribution in [3.63, 3.8) is 0 Å². The largest absolute Gasteiger partial charge is 0.378 e. The summed E-state index contributed by atoms with van der Waals surface area (Å²) in [5.41, 5.74) is 1.59. The van der Waals surface area contributed by atoms with Crippen LogP contribution in [0.2, 0.25) is 0 Å². The molecule has 74 valence electrons. The first-order chi connectivity index (χ1) is 6.34. The van der Waals surface area contributed by atoms with Crippen LogP contribution in [0, 0.1) is 5.92 Å². The normalized spacial score (nSPS) is 34.7. The van der Waals surface area contributed by atoms with Gasteiger partial charge in [-0.1, -0.05) is 11.6 Å². The highest BCUT2D eigenvalue weighted by Gasteiger charge is 2.21. The molecule has 2 atom stereocenters. The fraction of sp³-hybridized carbons (Fsp3) is 0.833. The van der Waals surface area contributed by atoms with Gasteiger partial charge in [-0.15, -0.1) is 0 Å². The molecule has 0 N–H and O–H groups in total. The smallest absolute Gasteiger partial charge is 0.0578 e. The lowest BCUT2D eigenvalue weighted by molar-refractivity contribution is 0.0878. The van der Waals surface area contributed by atoms with Gasteiger partial charge in [-0.2, -0.15) is 0 Å². The number of allylic oxidation sites excluding steroid dienone is 2. The third-order valence-electron chi connectivity index (χ3n) is 3.37. The Hall–Kier alpha value is -0.300. The second kappa shape index (κ2) is 4.28. The van der Waals surface area contributed by atoms with Gasteiger partial charge in [0.2, 0.25) is 0 Å². The van der Waals surface area contributed by atoms with Gasteiger partial charge in [-0.3, -0.25) is 0 Å². The van der Waals surface area contributed by atoms with Crippen molar-refractivity contribution in [1.29, 1.82) is 0 Å². The van der Waals surface area contributed by atoms with E-state index in [0.717, 1.165) is 12.5 Å². The summed E-state index contributed by atoms with van der Waals surface area (Å²) in [7, 11) is 0. The fourth-order valence-corrected chi connectivity index (χ4v) is 2.44. The SMILES string of the molecule is CC1=CCC(CC2CCCO2)CC1. The molecule has 0 aromatic heterocycles. The molecule has 0 saturated carbocycles. The second-order valence-electron chi connectivity index (χ2n) is 4.56. The van der Waals surface area contributed by atoms with Gasteiger partial charge >= 0.3 is 0 Å². The topological polar surface area (TPSA) is 9.23 Å². The van der Waals surface area contributed by atoms with Crippen molar-refractivity contribution in [3.8, 4) is 0 Å². The van der Waals surface area contributed by atoms with Crippen LogP contribution < -0.4 is 0 Å². The quantitative estimate of drug-likeness (QED) is 0.592. The van der Waals surface area contributed by atoms with Crippen molar-refractivity contribution in [1.82, 2.24) is 0 Å². The highest BCUT2D eigenvalue weighted by atomic mass is 16.5. The molecule has 1 aliphatic heterocycles. The monoisotopic (exact) mass is 180 g/mol. The van der Waals surface area contributed by atoms with E-state index < -0.39 is 0 Å². The zero-order valence-electron chi connectivity index (χ0n) is 8.59. The van der Waals surface area contributed by atoms with E-state index in [1.165, 1.54) is 38.5 Å². The van der Waals surface area contributed by atoms with Gasteiger partial charge in [-0.05, 0) is 51.4 Å². The predicted molar refractivity (Wildman–Crippen MR) is 54.7 cm³/mol. The van der Waals surface area contributed by atoms with Gasteiger partial charge in [0.05, 0.1) is 6.10 Å². The van der Waals surface area contributed by atoms with Gasteiger partial charge in [0.15, 0.2) is 0 Å². The molecule has 1 aliphatic carbocycles. The highest BCUT2D eigenvalue weighted by Crippen LogP contribution is 2.29. The van der Waals surface area contributed by atoms with Crippen molar-refractivity contribution in [2.24, 2.45) is 5.92 Å². The predicted octanol–water partition coefficient (Wildman–Crippen LogP) is 3.30. The summed E-state index contributed by atoms with van der Waals surface area (Å²) in [6, 6.07) is 0. The van der Waals surface area contributed by atoms with Crippen LogP contribution in [0.1, 0.15) is 45.4 Å². The molecule has 0 amide bonds. The Balaban J connectivity index is 1.76. The molecule has 1 heterocycles. The molecule has 0 bridgehead atoms. The first kappa shape index (κ1) is 9.26. The van der Waals surface area contributed by atoms with Gasteiger partial charge < -0.3 is 4.74 Å². The third-order valence-corrected chi connectivity index (χ3v) is 3.37. The molecule has 2 unspecified atom stereocenters. The average Bonchev–Trinajstić information content (AvgIpc) is 2.62. The Bertz CT molecular complexity index is 189. The van der Waals surface area contributed by atoms with E-state index in [0.29, 0.717) is 6.10 Å². The Morgan fingerprint density at radius 2 is 2.38 bits per heavy atom. The standard InChI is InChI=1S/C12H20O/c1-10-4-6-11(7-5-10)9-12-3-2-8-13-12/h4,11-12H,2-3,5-9H2,1H3. The molecule has 1 heteroatoms. The zero-order valence-corrected chi connectivity index (χ0v) is 8.59. The minimum atomic E-state index is 0.594. The summed E-state index contributed by atoms with van der Waals surface area (Å²) in [4.78, 5) is 0. The first-order valence-electron chi connectivity index (χ1n) is 5.62. The lowest BCUT2D eigenvalue weighted by Gasteiger charge is -2.22. The number of ether oxygens (including phenoxy) is 1. The van der Waals surface area contributed by atoms with E-state index >= 15 is 0 Å². The molecule has 1 saturated heterocycles. The minimum Gasteiger partial charge on any atom is -0.378 e. The van der Waals surface area contributed by atoms with Crippen LogP contribution in [0.5, 0.6) is 0 Å². The summed E-state index contributed by atoms with van der Waals surface area (Å²) in [6.45, 7) is 3.26. The Kier molecular flexibility index (Phi) is 3.05. The van der Waals surface area contributed by atoms with Crippen LogP contribution in [-0.2, 0) is 4.74 Å². The van der Waals surface area contributed by atoms with Crippen molar-refractivity contribution < 1.29 is 4.74 Å². The van der Waals surface area contributed by atoms with Gasteiger partial charge in [0.25, 0.3) is 0 Å². The van der Waals surface area contributed by atoms with E-state index in [4.69, 9.17) is 4.74 Å². The molecule has 1 fully saturated rings. The Morgan fingerprint density at radius 3 is 3.00 bits per heavy atom. The van der Waals surface area contributed by atoms with E-state index in [1.807, 2.05) is 0 Å². The number of hydrogen-bond donors (Lipinski definition) is 0. The lowest BCUT2D eigenvalue weighted by Crippen LogP contribution is -2.14. The summed E-state index contributed by atoms with van der Waals surface area (Å²) < 4.78 is 5.66. The molecule has 1 nitrogen and oxygen atoms in total. The van der Waals surface area contributed by atoms with E-state index in [9.17, 15) is 0 Å². The molecule has 0 aromatic carbocycles. The van der Waals surface area contributed by atoms with E-state index in [1.54, 1.807) is 5.57 Å². The van der Waals surface area contributed by atoms with Crippen molar-refractivity contribution in [2.45, 2.75) is 51.6 Å². The first-order valence-corrected chi connectivity index (χ1v) is 5.62. The maximum Gasteiger partial charge on any atom is 0.0578 e. The van der Waals surface area contributed by atoms with Gasteiger partial charge in [0.1, 0.15) is 0 Å². The summed E-state index contributed by atoms with van der Waals surface area (Å²) in [5, 5.41) is 0. The summed E-state index contributed by atoms with van der Waals surface area (Å²) >= 11 is 0. The Labute approximate surface area is 81.2 Å². The molecule has 0 spiro atoms. The van der Waals surface area contributed by atoms with Crippen molar-refractivity contribution >= 4 is 0 Å². The van der Waals surface area contributed by atoms with E-state index in [-0.39, 0.29) is 0 Å². The molecule has 2 aliphatic rings. The zero-order chi connectivity index (χ0) is 9.10. The average molecular weight is 180 g/mol. The molecule has 13 heavy (non-hydrogen) atoms. The maximum atomic E-state index is 5.66. The Morgan fingerprint density at radius 1 is 1.46 bits per heavy atom. The molecule has 0 radical (unpaired) electrons. The van der Waals surface area contributed by atoms with Crippen LogP contribution in [0.4, 0.5) is 0 Å². The maximum absolute atomic E-state index is 5.66. The van der Waals surface area contributed by atoms with Gasteiger partial charge in [-0.25, -0.2) is 0 Å². The van der Waals surface area contributed by atoms with Crippen LogP contribution in [0.25, 0.3) is 0 Å². The van der Waals surface area contributed by atoms with Crippen LogP contribution >= 0.6 is 0 Å². The lowest BCUT2D eigenvalue weighted by atomic mass is 9.86. The number of hydrogen-bond acceptors (Lipinski definition) is 1. The van der Waals surface area contributed by atoms with Gasteiger partial charge in [0, 0.05) is 6.61 Å². The van der Waals surface area contributed by atoms with E-state index in [2.05, 4.69) is 13.0 Å². The highest BCUT2D eigenvalue weighted by molar-refractivity contribution is 5.03. The molecule has 2 rings (SSSR count). The van der Waals surface area contributed by atoms with Crippen LogP contribution in [0.3, 0.4) is 0 Å². The fourth-order valence-electron chi connectivity index (χ4n) is 2.44. The molecular weight excluding hydrogens is 160 g/mol. The van der Waals surface area contributed by atoms with Crippen LogP contribution in [-0.4, -0.2) is 12.7 Å². The molecule has 0 aromatic rings. The van der Waals surface area contributed by atoms with Crippen LogP contribution in [0.15, 0.2) is 11.6 Å². The molecular formula is C12H20O. The minimum absolute atomic E-state index is 0.594. The number of rotatable bonds is 2. The summed E-state index contributed by atoms with van der Waals surface area (Å²) in [6.07, 6.45) is 10.9. The van der Waals surface area contributed by atoms with Crippen molar-refractivity contribution in [2.75, 3.05) is 6.61 Å². The third kappa shape index (κ3) is 2.57. The summed E-state index contributed by atoms with van der Waals surface area (Å²) in [5.74, 6) is 0.909. The van der Waals surface area contributed by atoms with Crippen molar-refractivity contribution in [3.05, 3.63) is 11.6 Å². The second-order valence-corrected chi connectivity index (χ2v) is 4.56.